The molecule has 0 amide bonds. The van der Waals surface area contributed by atoms with Crippen LogP contribution in [0.5, 0.6) is 5.75 Å². The van der Waals surface area contributed by atoms with Crippen LogP contribution in [-0.4, -0.2) is 21.5 Å². The molecule has 2 nitrogen and oxygen atoms in total. The largest absolute Gasteiger partial charge is 0.497 e. The first-order valence-corrected chi connectivity index (χ1v) is 14.3. The quantitative estimate of drug-likeness (QED) is 0.511. The summed E-state index contributed by atoms with van der Waals surface area (Å²) in [5, 5.41) is 0.293. The summed E-state index contributed by atoms with van der Waals surface area (Å²) in [6.45, 7) is 14.5. The van der Waals surface area contributed by atoms with E-state index in [4.69, 9.17) is 9.16 Å². The average molecular weight is 401 g/mol. The molecule has 156 valence electrons. The van der Waals surface area contributed by atoms with Crippen molar-refractivity contribution >= 4 is 8.32 Å². The molecule has 0 N–H and O–H groups in total. The molecule has 28 heavy (non-hydrogen) atoms. The van der Waals surface area contributed by atoms with Crippen LogP contribution in [0.4, 0.5) is 0 Å². The SMILES string of the molecule is COc1ccc2c(c1)CCC1C2CC[C@@]2(C)C1CC[C@@H]2O[Si](C)(C)C(C)(C)C. The van der Waals surface area contributed by atoms with Crippen molar-refractivity contribution in [1.82, 2.24) is 0 Å². The van der Waals surface area contributed by atoms with Crippen LogP contribution in [-0.2, 0) is 10.8 Å². The summed E-state index contributed by atoms with van der Waals surface area (Å²) in [6.07, 6.45) is 8.32. The van der Waals surface area contributed by atoms with Crippen molar-refractivity contribution in [3.63, 3.8) is 0 Å². The molecule has 0 radical (unpaired) electrons. The van der Waals surface area contributed by atoms with Crippen molar-refractivity contribution in [3.05, 3.63) is 29.3 Å². The highest BCUT2D eigenvalue weighted by molar-refractivity contribution is 6.74. The highest BCUT2D eigenvalue weighted by atomic mass is 28.4. The molecule has 1 aromatic rings. The molecule has 0 aromatic heterocycles. The first kappa shape index (κ1) is 20.5. The molecule has 4 rings (SSSR count). The smallest absolute Gasteiger partial charge is 0.192 e. The molecule has 5 atom stereocenters. The minimum absolute atomic E-state index is 0.293. The first-order chi connectivity index (χ1) is 13.1. The minimum atomic E-state index is -1.72. The summed E-state index contributed by atoms with van der Waals surface area (Å²) >= 11 is 0. The average Bonchev–Trinajstić information content (AvgIpc) is 2.96. The van der Waals surface area contributed by atoms with Crippen molar-refractivity contribution in [2.75, 3.05) is 7.11 Å². The Labute approximate surface area is 173 Å². The zero-order chi connectivity index (χ0) is 20.3. The Morgan fingerprint density at radius 1 is 1.07 bits per heavy atom. The second-order valence-corrected chi connectivity index (χ2v) is 16.2. The monoisotopic (exact) mass is 400 g/mol. The fourth-order valence-corrected chi connectivity index (χ4v) is 7.82. The maximum absolute atomic E-state index is 7.04. The molecule has 2 saturated carbocycles. The Morgan fingerprint density at radius 3 is 2.50 bits per heavy atom. The maximum Gasteiger partial charge on any atom is 0.192 e. The van der Waals surface area contributed by atoms with Gasteiger partial charge >= 0.3 is 0 Å². The zero-order valence-electron chi connectivity index (χ0n) is 19.1. The van der Waals surface area contributed by atoms with Crippen LogP contribution in [0.2, 0.25) is 18.1 Å². The van der Waals surface area contributed by atoms with Gasteiger partial charge in [0, 0.05) is 0 Å². The fraction of sp³-hybridized carbons (Fsp3) is 0.760. The van der Waals surface area contributed by atoms with E-state index in [1.807, 2.05) is 0 Å². The van der Waals surface area contributed by atoms with Gasteiger partial charge in [-0.05, 0) is 103 Å². The number of fused-ring (bicyclic) bond motifs is 5. The molecule has 1 aromatic carbocycles. The van der Waals surface area contributed by atoms with E-state index in [0.29, 0.717) is 16.6 Å². The summed E-state index contributed by atoms with van der Waals surface area (Å²) in [6, 6.07) is 6.83. The summed E-state index contributed by atoms with van der Waals surface area (Å²) in [5.74, 6) is 3.44. The van der Waals surface area contributed by atoms with Crippen LogP contribution < -0.4 is 4.74 Å². The Hall–Kier alpha value is -0.803. The van der Waals surface area contributed by atoms with E-state index in [1.165, 1.54) is 44.1 Å². The van der Waals surface area contributed by atoms with Gasteiger partial charge in [0.1, 0.15) is 5.75 Å². The van der Waals surface area contributed by atoms with E-state index in [9.17, 15) is 0 Å². The highest BCUT2D eigenvalue weighted by Gasteiger charge is 2.56. The normalized spacial score (nSPS) is 35.1. The Morgan fingerprint density at radius 2 is 1.82 bits per heavy atom. The van der Waals surface area contributed by atoms with Gasteiger partial charge in [-0.3, -0.25) is 0 Å². The number of hydrogen-bond donors (Lipinski definition) is 0. The molecule has 3 aliphatic carbocycles. The predicted molar refractivity (Wildman–Crippen MR) is 120 cm³/mol. The Balaban J connectivity index is 1.57. The van der Waals surface area contributed by atoms with Gasteiger partial charge in [-0.25, -0.2) is 0 Å². The highest BCUT2D eigenvalue weighted by Crippen LogP contribution is 2.62. The summed E-state index contributed by atoms with van der Waals surface area (Å²) in [4.78, 5) is 0. The lowest BCUT2D eigenvalue weighted by molar-refractivity contribution is -0.0165. The van der Waals surface area contributed by atoms with Crippen LogP contribution in [0.3, 0.4) is 0 Å². The molecular weight excluding hydrogens is 360 g/mol. The lowest BCUT2D eigenvalue weighted by Gasteiger charge is -2.52. The van der Waals surface area contributed by atoms with E-state index in [1.54, 1.807) is 12.7 Å². The molecule has 3 heteroatoms. The van der Waals surface area contributed by atoms with Gasteiger partial charge in [0.2, 0.25) is 0 Å². The fourth-order valence-electron chi connectivity index (χ4n) is 6.36. The molecule has 0 aliphatic heterocycles. The molecule has 0 spiro atoms. The third-order valence-corrected chi connectivity index (χ3v) is 13.6. The second kappa shape index (κ2) is 6.87. The van der Waals surface area contributed by atoms with Gasteiger partial charge in [-0.1, -0.05) is 33.8 Å². The second-order valence-electron chi connectivity index (χ2n) is 11.5. The first-order valence-electron chi connectivity index (χ1n) is 11.4. The van der Waals surface area contributed by atoms with Gasteiger partial charge in [0.15, 0.2) is 8.32 Å². The summed E-state index contributed by atoms with van der Waals surface area (Å²) < 4.78 is 12.5. The van der Waals surface area contributed by atoms with Crippen LogP contribution in [0.15, 0.2) is 18.2 Å². The number of methoxy groups -OCH3 is 1. The van der Waals surface area contributed by atoms with E-state index in [0.717, 1.165) is 23.5 Å². The van der Waals surface area contributed by atoms with E-state index in [-0.39, 0.29) is 0 Å². The third kappa shape index (κ3) is 3.17. The minimum Gasteiger partial charge on any atom is -0.497 e. The van der Waals surface area contributed by atoms with Crippen LogP contribution >= 0.6 is 0 Å². The molecule has 3 unspecified atom stereocenters. The number of rotatable bonds is 3. The molecule has 3 aliphatic rings. The lowest BCUT2D eigenvalue weighted by atomic mass is 9.55. The Bertz CT molecular complexity index is 735. The van der Waals surface area contributed by atoms with E-state index < -0.39 is 8.32 Å². The summed E-state index contributed by atoms with van der Waals surface area (Å²) in [7, 11) is 0.0593. The number of aryl methyl sites for hydroxylation is 1. The lowest BCUT2D eigenvalue weighted by Crippen LogP contribution is -2.50. The summed E-state index contributed by atoms with van der Waals surface area (Å²) in [5.41, 5.74) is 3.53. The number of benzene rings is 1. The van der Waals surface area contributed by atoms with Crippen LogP contribution in [0, 0.1) is 17.3 Å². The molecule has 2 fully saturated rings. The molecular formula is C25H40O2Si. The van der Waals surface area contributed by atoms with Gasteiger partial charge < -0.3 is 9.16 Å². The van der Waals surface area contributed by atoms with Gasteiger partial charge in [-0.15, -0.1) is 0 Å². The molecule has 0 saturated heterocycles. The van der Waals surface area contributed by atoms with E-state index in [2.05, 4.69) is 59.0 Å². The van der Waals surface area contributed by atoms with Crippen molar-refractivity contribution in [2.24, 2.45) is 17.3 Å². The van der Waals surface area contributed by atoms with Crippen LogP contribution in [0.1, 0.15) is 76.8 Å². The molecule has 0 heterocycles. The van der Waals surface area contributed by atoms with Crippen LogP contribution in [0.25, 0.3) is 0 Å². The third-order valence-electron chi connectivity index (χ3n) is 9.09. The van der Waals surface area contributed by atoms with Crippen molar-refractivity contribution in [2.45, 2.75) is 96.4 Å². The Kier molecular flexibility index (Phi) is 5.02. The zero-order valence-corrected chi connectivity index (χ0v) is 20.1. The van der Waals surface area contributed by atoms with Crippen molar-refractivity contribution in [1.29, 1.82) is 0 Å². The predicted octanol–water partition coefficient (Wildman–Crippen LogP) is 6.94. The van der Waals surface area contributed by atoms with Gasteiger partial charge in [0.25, 0.3) is 0 Å². The number of hydrogen-bond acceptors (Lipinski definition) is 2. The topological polar surface area (TPSA) is 18.5 Å². The van der Waals surface area contributed by atoms with Gasteiger partial charge in [-0.2, -0.15) is 0 Å². The van der Waals surface area contributed by atoms with Gasteiger partial charge in [0.05, 0.1) is 13.2 Å². The van der Waals surface area contributed by atoms with Crippen molar-refractivity contribution in [3.8, 4) is 5.75 Å². The molecule has 0 bridgehead atoms. The van der Waals surface area contributed by atoms with Crippen molar-refractivity contribution < 1.29 is 9.16 Å². The maximum atomic E-state index is 7.04. The standard InChI is InChI=1S/C25H40O2Si/c1-24(2,3)28(6,7)27-23-13-12-22-21-10-8-17-16-18(26-5)9-11-19(17)20(21)14-15-25(22,23)4/h9,11,16,20-23H,8,10,12-15H2,1-7H3/t20?,21?,22?,23-,25-/m0/s1. The van der Waals surface area contributed by atoms with E-state index >= 15 is 0 Å². The number of ether oxygens (including phenoxy) is 1.